The molecular weight excluding hydrogens is 279 g/mol. The molecule has 4 heteroatoms. The van der Waals surface area contributed by atoms with Gasteiger partial charge in [0.2, 0.25) is 0 Å². The molecule has 2 aromatic carbocycles. The van der Waals surface area contributed by atoms with E-state index in [1.54, 1.807) is 36.4 Å². The van der Waals surface area contributed by atoms with E-state index in [0.717, 1.165) is 0 Å². The lowest BCUT2D eigenvalue weighted by Gasteiger charge is -2.29. The second-order valence-corrected chi connectivity index (χ2v) is 4.87. The summed E-state index contributed by atoms with van der Waals surface area (Å²) < 4.78 is 19.4. The highest BCUT2D eigenvalue weighted by atomic mass is 35.5. The van der Waals surface area contributed by atoms with Crippen molar-refractivity contribution in [3.8, 4) is 5.75 Å². The highest BCUT2D eigenvalue weighted by molar-refractivity contribution is 6.17. The number of benzene rings is 2. The normalized spacial score (nSPS) is 13.8. The summed E-state index contributed by atoms with van der Waals surface area (Å²) in [4.78, 5) is 0. The third-order valence-corrected chi connectivity index (χ3v) is 3.53. The average Bonchev–Trinajstić information content (AvgIpc) is 2.48. The van der Waals surface area contributed by atoms with Gasteiger partial charge in [-0.05, 0) is 18.1 Å². The van der Waals surface area contributed by atoms with Crippen LogP contribution < -0.4 is 4.74 Å². The molecule has 0 spiro atoms. The number of rotatable bonds is 5. The van der Waals surface area contributed by atoms with E-state index < -0.39 is 11.4 Å². The number of halogens is 2. The Morgan fingerprint density at radius 2 is 1.85 bits per heavy atom. The van der Waals surface area contributed by atoms with Crippen LogP contribution in [0.5, 0.6) is 5.75 Å². The van der Waals surface area contributed by atoms with Gasteiger partial charge >= 0.3 is 0 Å². The van der Waals surface area contributed by atoms with Crippen LogP contribution in [0.25, 0.3) is 0 Å². The smallest absolute Gasteiger partial charge is 0.171 e. The maximum Gasteiger partial charge on any atom is 0.171 e. The molecule has 0 bridgehead atoms. The Bertz CT molecular complexity index is 574. The molecule has 0 aromatic heterocycles. The van der Waals surface area contributed by atoms with Crippen LogP contribution in [0.4, 0.5) is 4.39 Å². The minimum absolute atomic E-state index is 0.103. The van der Waals surface area contributed by atoms with Crippen molar-refractivity contribution in [2.24, 2.45) is 0 Å². The molecule has 0 saturated heterocycles. The van der Waals surface area contributed by atoms with E-state index in [4.69, 9.17) is 16.3 Å². The van der Waals surface area contributed by atoms with Crippen molar-refractivity contribution in [3.05, 3.63) is 65.5 Å². The minimum atomic E-state index is -1.47. The number of ether oxygens (including phenoxy) is 1. The van der Waals surface area contributed by atoms with Crippen LogP contribution in [0.2, 0.25) is 0 Å². The Labute approximate surface area is 122 Å². The first-order valence-electron chi connectivity index (χ1n) is 6.30. The average molecular weight is 295 g/mol. The molecule has 0 amide bonds. The van der Waals surface area contributed by atoms with Gasteiger partial charge in [0.25, 0.3) is 0 Å². The number of methoxy groups -OCH3 is 1. The molecule has 1 unspecified atom stereocenters. The first kappa shape index (κ1) is 14.8. The molecule has 0 aliphatic heterocycles. The Balaban J connectivity index is 2.59. The second kappa shape index (κ2) is 6.25. The largest absolute Gasteiger partial charge is 0.494 e. The molecule has 0 aliphatic carbocycles. The number of hydrogen-bond donors (Lipinski definition) is 1. The number of hydrogen-bond acceptors (Lipinski definition) is 2. The van der Waals surface area contributed by atoms with Crippen LogP contribution in [0, 0.1) is 5.82 Å². The van der Waals surface area contributed by atoms with Crippen LogP contribution in [0.3, 0.4) is 0 Å². The van der Waals surface area contributed by atoms with Crippen molar-refractivity contribution in [2.75, 3.05) is 13.0 Å². The molecule has 2 aromatic rings. The fourth-order valence-corrected chi connectivity index (χ4v) is 2.55. The molecular formula is C16H16ClFO2. The van der Waals surface area contributed by atoms with Gasteiger partial charge < -0.3 is 9.84 Å². The fourth-order valence-electron chi connectivity index (χ4n) is 2.27. The topological polar surface area (TPSA) is 29.5 Å². The van der Waals surface area contributed by atoms with E-state index >= 15 is 0 Å². The summed E-state index contributed by atoms with van der Waals surface area (Å²) in [6.07, 6.45) is 0.211. The minimum Gasteiger partial charge on any atom is -0.494 e. The fraction of sp³-hybridized carbons (Fsp3) is 0.250. The summed E-state index contributed by atoms with van der Waals surface area (Å²) in [7, 11) is 1.39. The predicted molar refractivity (Wildman–Crippen MR) is 77.7 cm³/mol. The molecule has 1 atom stereocenters. The molecule has 0 fully saturated rings. The van der Waals surface area contributed by atoms with Gasteiger partial charge in [-0.3, -0.25) is 0 Å². The van der Waals surface area contributed by atoms with Crippen LogP contribution in [-0.2, 0) is 5.60 Å². The Morgan fingerprint density at radius 3 is 2.45 bits per heavy atom. The number of alkyl halides is 1. The van der Waals surface area contributed by atoms with Gasteiger partial charge in [-0.15, -0.1) is 11.6 Å². The molecule has 1 N–H and O–H groups in total. The van der Waals surface area contributed by atoms with Gasteiger partial charge in [0.15, 0.2) is 11.6 Å². The van der Waals surface area contributed by atoms with Crippen LogP contribution in [0.15, 0.2) is 48.5 Å². The predicted octanol–water partition coefficient (Wildman–Crippen LogP) is 3.70. The van der Waals surface area contributed by atoms with Crippen LogP contribution in [-0.4, -0.2) is 18.1 Å². The van der Waals surface area contributed by atoms with E-state index in [0.29, 0.717) is 5.56 Å². The van der Waals surface area contributed by atoms with Crippen molar-refractivity contribution < 1.29 is 14.2 Å². The summed E-state index contributed by atoms with van der Waals surface area (Å²) in [5.41, 5.74) is -0.696. The molecule has 0 saturated carbocycles. The molecule has 0 radical (unpaired) electrons. The summed E-state index contributed by atoms with van der Waals surface area (Å²) in [5, 5.41) is 11.0. The Kier molecular flexibility index (Phi) is 4.63. The van der Waals surface area contributed by atoms with Crippen molar-refractivity contribution >= 4 is 11.6 Å². The van der Waals surface area contributed by atoms with Crippen LogP contribution >= 0.6 is 11.6 Å². The van der Waals surface area contributed by atoms with Crippen molar-refractivity contribution in [3.63, 3.8) is 0 Å². The van der Waals surface area contributed by atoms with Gasteiger partial charge in [-0.2, -0.15) is 0 Å². The summed E-state index contributed by atoms with van der Waals surface area (Å²) in [5.74, 6) is -0.250. The Hall–Kier alpha value is -1.58. The summed E-state index contributed by atoms with van der Waals surface area (Å²) in [6.45, 7) is 0. The monoisotopic (exact) mass is 294 g/mol. The molecule has 0 heterocycles. The van der Waals surface area contributed by atoms with Gasteiger partial charge in [0.05, 0.1) is 7.11 Å². The molecule has 20 heavy (non-hydrogen) atoms. The van der Waals surface area contributed by atoms with E-state index in [-0.39, 0.29) is 23.6 Å². The zero-order chi connectivity index (χ0) is 14.6. The summed E-state index contributed by atoms with van der Waals surface area (Å²) in [6, 6.07) is 13.7. The number of aliphatic hydroxyl groups is 1. The highest BCUT2D eigenvalue weighted by Gasteiger charge is 2.34. The first-order chi connectivity index (χ1) is 9.63. The van der Waals surface area contributed by atoms with E-state index in [2.05, 4.69) is 0 Å². The van der Waals surface area contributed by atoms with Gasteiger partial charge in [0.1, 0.15) is 5.60 Å². The van der Waals surface area contributed by atoms with Gasteiger partial charge in [0, 0.05) is 11.4 Å². The molecule has 106 valence electrons. The zero-order valence-corrected chi connectivity index (χ0v) is 11.9. The lowest BCUT2D eigenvalue weighted by atomic mass is 9.83. The van der Waals surface area contributed by atoms with Crippen molar-refractivity contribution in [2.45, 2.75) is 12.0 Å². The SMILES string of the molecule is COc1cccc(C(O)(CCCl)c2ccccc2)c1F. The first-order valence-corrected chi connectivity index (χ1v) is 6.83. The maximum absolute atomic E-state index is 14.4. The van der Waals surface area contributed by atoms with E-state index in [9.17, 15) is 9.50 Å². The van der Waals surface area contributed by atoms with Gasteiger partial charge in [-0.25, -0.2) is 4.39 Å². The molecule has 0 aliphatic rings. The standard InChI is InChI=1S/C16H16ClFO2/c1-20-14-9-5-8-13(15(14)18)16(19,10-11-17)12-6-3-2-4-7-12/h2-9,19H,10-11H2,1H3. The Morgan fingerprint density at radius 1 is 1.15 bits per heavy atom. The van der Waals surface area contributed by atoms with Crippen LogP contribution in [0.1, 0.15) is 17.5 Å². The maximum atomic E-state index is 14.4. The van der Waals surface area contributed by atoms with Gasteiger partial charge in [-0.1, -0.05) is 42.5 Å². The highest BCUT2D eigenvalue weighted by Crippen LogP contribution is 2.37. The van der Waals surface area contributed by atoms with Crippen molar-refractivity contribution in [1.82, 2.24) is 0 Å². The molecule has 2 rings (SSSR count). The third kappa shape index (κ3) is 2.65. The third-order valence-electron chi connectivity index (χ3n) is 3.34. The zero-order valence-electron chi connectivity index (χ0n) is 11.1. The second-order valence-electron chi connectivity index (χ2n) is 4.49. The molecule has 2 nitrogen and oxygen atoms in total. The lowest BCUT2D eigenvalue weighted by molar-refractivity contribution is 0.0729. The lowest BCUT2D eigenvalue weighted by Crippen LogP contribution is -2.29. The van der Waals surface area contributed by atoms with E-state index in [1.165, 1.54) is 13.2 Å². The van der Waals surface area contributed by atoms with E-state index in [1.807, 2.05) is 6.07 Å². The quantitative estimate of drug-likeness (QED) is 0.852. The van der Waals surface area contributed by atoms with Crippen molar-refractivity contribution in [1.29, 1.82) is 0 Å². The summed E-state index contributed by atoms with van der Waals surface area (Å²) >= 11 is 5.80.